The third-order valence-electron chi connectivity index (χ3n) is 4.28. The summed E-state index contributed by atoms with van der Waals surface area (Å²) < 4.78 is 31.3. The van der Waals surface area contributed by atoms with Gasteiger partial charge in [-0.05, 0) is 54.0 Å². The van der Waals surface area contributed by atoms with Crippen molar-refractivity contribution in [1.29, 1.82) is 0 Å². The predicted octanol–water partition coefficient (Wildman–Crippen LogP) is 4.82. The second-order valence-electron chi connectivity index (χ2n) is 6.19. The Kier molecular flexibility index (Phi) is 3.94. The lowest BCUT2D eigenvalue weighted by Crippen LogP contribution is -2.22. The van der Waals surface area contributed by atoms with Crippen LogP contribution in [-0.2, 0) is 6.54 Å². The van der Waals surface area contributed by atoms with Crippen molar-refractivity contribution in [3.05, 3.63) is 70.9 Å². The molecular formula is C19H13F2N5OS. The van der Waals surface area contributed by atoms with Crippen LogP contribution in [0.25, 0.3) is 17.1 Å². The maximum atomic E-state index is 13.8. The molecule has 0 unspecified atom stereocenters. The molecule has 0 amide bonds. The summed E-state index contributed by atoms with van der Waals surface area (Å²) in [5, 5.41) is 4.77. The van der Waals surface area contributed by atoms with E-state index in [-0.39, 0.29) is 5.52 Å². The van der Waals surface area contributed by atoms with Crippen molar-refractivity contribution in [2.45, 2.75) is 6.54 Å². The number of halogens is 2. The molecule has 0 spiro atoms. The Hall–Kier alpha value is -3.46. The molecule has 1 aliphatic rings. The Morgan fingerprint density at radius 2 is 2.00 bits per heavy atom. The van der Waals surface area contributed by atoms with Crippen molar-refractivity contribution in [2.24, 2.45) is 0 Å². The summed E-state index contributed by atoms with van der Waals surface area (Å²) in [6, 6.07) is 9.75. The quantitative estimate of drug-likeness (QED) is 0.517. The number of fused-ring (bicyclic) bond motifs is 2. The second-order valence-corrected chi connectivity index (χ2v) is 7.02. The summed E-state index contributed by atoms with van der Waals surface area (Å²) in [5.74, 6) is -0.905. The first-order valence-electron chi connectivity index (χ1n) is 8.43. The van der Waals surface area contributed by atoms with Crippen LogP contribution in [-0.4, -0.2) is 19.4 Å². The molecule has 2 aromatic carbocycles. The van der Waals surface area contributed by atoms with Crippen molar-refractivity contribution in [3.8, 4) is 5.75 Å². The minimum absolute atomic E-state index is 0.0402. The highest BCUT2D eigenvalue weighted by Gasteiger charge is 2.14. The van der Waals surface area contributed by atoms with E-state index in [4.69, 9.17) is 4.84 Å². The molecule has 9 heteroatoms. The number of hydroxylamine groups is 2. The lowest BCUT2D eigenvalue weighted by Gasteiger charge is -2.23. The van der Waals surface area contributed by atoms with Gasteiger partial charge >= 0.3 is 0 Å². The van der Waals surface area contributed by atoms with Crippen LogP contribution >= 0.6 is 11.5 Å². The van der Waals surface area contributed by atoms with Gasteiger partial charge in [-0.15, -0.1) is 0 Å². The minimum atomic E-state index is -0.968. The van der Waals surface area contributed by atoms with Crippen molar-refractivity contribution < 1.29 is 13.6 Å². The van der Waals surface area contributed by atoms with E-state index >= 15 is 0 Å². The van der Waals surface area contributed by atoms with Crippen LogP contribution in [0.3, 0.4) is 0 Å². The fraction of sp³-hybridized carbons (Fsp3) is 0.0526. The summed E-state index contributed by atoms with van der Waals surface area (Å²) in [4.78, 5) is 14.0. The normalized spacial score (nSPS) is 13.0. The highest BCUT2D eigenvalue weighted by atomic mass is 32.1. The van der Waals surface area contributed by atoms with Crippen molar-refractivity contribution >= 4 is 40.3 Å². The van der Waals surface area contributed by atoms with Gasteiger partial charge < -0.3 is 15.1 Å². The zero-order valence-electron chi connectivity index (χ0n) is 14.3. The molecule has 0 radical (unpaired) electrons. The Morgan fingerprint density at radius 3 is 2.86 bits per heavy atom. The van der Waals surface area contributed by atoms with Crippen LogP contribution in [0, 0.1) is 11.6 Å². The Bertz CT molecular complexity index is 1180. The number of hydrogen-bond donors (Lipinski definition) is 2. The Balaban J connectivity index is 1.28. The number of rotatable bonds is 4. The summed E-state index contributed by atoms with van der Waals surface area (Å²) in [6.45, 7) is 0.628. The second kappa shape index (κ2) is 6.61. The topological polar surface area (TPSA) is 66.1 Å². The first-order valence-corrected chi connectivity index (χ1v) is 9.20. The number of H-pyrrole nitrogens is 1. The molecule has 0 saturated heterocycles. The van der Waals surface area contributed by atoms with Gasteiger partial charge in [-0.2, -0.15) is 0 Å². The molecular weight excluding hydrogens is 384 g/mol. The van der Waals surface area contributed by atoms with E-state index in [0.717, 1.165) is 22.2 Å². The summed E-state index contributed by atoms with van der Waals surface area (Å²) in [5.41, 5.74) is 2.23. The zero-order chi connectivity index (χ0) is 19.1. The lowest BCUT2D eigenvalue weighted by molar-refractivity contribution is -0.0160. The smallest absolute Gasteiger partial charge is 0.205 e. The highest BCUT2D eigenvalue weighted by molar-refractivity contribution is 7.06. The molecule has 5 rings (SSSR count). The number of benzene rings is 2. The van der Waals surface area contributed by atoms with E-state index in [0.29, 0.717) is 23.8 Å². The van der Waals surface area contributed by atoms with Crippen LogP contribution in [0.5, 0.6) is 5.75 Å². The standard InChI is InChI=1S/C19H13F2N5OS/c20-14-5-6-15-18(17(14)21)25-19(24-15)23-12-1-3-13(4-2-12)27-26-8-7-16-11(10-26)9-22-28-16/h1-9H,10H2,(H2,23,24,25). The number of nitrogens with one attached hydrogen (secondary N) is 2. The van der Waals surface area contributed by atoms with Gasteiger partial charge in [-0.1, -0.05) is 0 Å². The molecule has 0 atom stereocenters. The monoisotopic (exact) mass is 397 g/mol. The summed E-state index contributed by atoms with van der Waals surface area (Å²) in [7, 11) is 0. The first kappa shape index (κ1) is 16.7. The third kappa shape index (κ3) is 3.05. The average Bonchev–Trinajstić information content (AvgIpc) is 3.33. The maximum Gasteiger partial charge on any atom is 0.205 e. The van der Waals surface area contributed by atoms with Crippen molar-refractivity contribution in [3.63, 3.8) is 0 Å². The van der Waals surface area contributed by atoms with Gasteiger partial charge in [0.2, 0.25) is 5.95 Å². The van der Waals surface area contributed by atoms with E-state index < -0.39 is 11.6 Å². The number of hydrogen-bond acceptors (Lipinski definition) is 6. The van der Waals surface area contributed by atoms with Gasteiger partial charge in [0.05, 0.1) is 16.9 Å². The number of nitrogens with zero attached hydrogens (tertiary/aromatic N) is 3. The molecule has 4 aromatic rings. The van der Waals surface area contributed by atoms with Crippen LogP contribution in [0.2, 0.25) is 0 Å². The van der Waals surface area contributed by atoms with Crippen LogP contribution in [0.15, 0.2) is 48.8 Å². The molecule has 28 heavy (non-hydrogen) atoms. The molecule has 0 saturated carbocycles. The molecule has 6 nitrogen and oxygen atoms in total. The number of anilines is 2. The van der Waals surface area contributed by atoms with Crippen molar-refractivity contribution in [1.82, 2.24) is 19.4 Å². The van der Waals surface area contributed by atoms with E-state index in [1.54, 1.807) is 17.2 Å². The Morgan fingerprint density at radius 1 is 1.14 bits per heavy atom. The molecule has 2 N–H and O–H groups in total. The molecule has 0 aliphatic carbocycles. The Labute approximate surface area is 162 Å². The minimum Gasteiger partial charge on any atom is -0.380 e. The van der Waals surface area contributed by atoms with E-state index in [9.17, 15) is 8.78 Å². The molecule has 3 heterocycles. The number of imidazole rings is 1. The van der Waals surface area contributed by atoms with E-state index in [1.807, 2.05) is 30.6 Å². The van der Waals surface area contributed by atoms with Gasteiger partial charge in [0, 0.05) is 23.6 Å². The maximum absolute atomic E-state index is 13.8. The van der Waals surface area contributed by atoms with Crippen LogP contribution < -0.4 is 10.2 Å². The fourth-order valence-corrected chi connectivity index (χ4v) is 3.56. The van der Waals surface area contributed by atoms with Gasteiger partial charge in [0.1, 0.15) is 5.52 Å². The molecule has 0 bridgehead atoms. The van der Waals surface area contributed by atoms with Gasteiger partial charge in [0.25, 0.3) is 0 Å². The summed E-state index contributed by atoms with van der Waals surface area (Å²) in [6.07, 6.45) is 5.68. The average molecular weight is 397 g/mol. The van der Waals surface area contributed by atoms with Gasteiger partial charge in [0.15, 0.2) is 17.4 Å². The fourth-order valence-electron chi connectivity index (χ4n) is 2.91. The van der Waals surface area contributed by atoms with Crippen LogP contribution in [0.1, 0.15) is 10.4 Å². The van der Waals surface area contributed by atoms with E-state index in [1.165, 1.54) is 17.6 Å². The van der Waals surface area contributed by atoms with Crippen molar-refractivity contribution in [2.75, 3.05) is 5.32 Å². The van der Waals surface area contributed by atoms with Crippen LogP contribution in [0.4, 0.5) is 20.4 Å². The molecule has 140 valence electrons. The first-order chi connectivity index (χ1) is 13.7. The predicted molar refractivity (Wildman–Crippen MR) is 103 cm³/mol. The van der Waals surface area contributed by atoms with Gasteiger partial charge in [-0.3, -0.25) is 0 Å². The number of aromatic nitrogens is 3. The van der Waals surface area contributed by atoms with E-state index in [2.05, 4.69) is 19.7 Å². The SMILES string of the molecule is Fc1ccc2[nH]c(Nc3ccc(ON4C=Cc5sncc5C4)cc3)nc2c1F. The van der Waals surface area contributed by atoms with Gasteiger partial charge in [-0.25, -0.2) is 23.2 Å². The largest absolute Gasteiger partial charge is 0.380 e. The summed E-state index contributed by atoms with van der Waals surface area (Å²) >= 11 is 1.46. The third-order valence-corrected chi connectivity index (χ3v) is 5.09. The lowest BCUT2D eigenvalue weighted by atomic mass is 10.2. The molecule has 1 aliphatic heterocycles. The molecule has 0 fully saturated rings. The zero-order valence-corrected chi connectivity index (χ0v) is 15.1. The highest BCUT2D eigenvalue weighted by Crippen LogP contribution is 2.26. The molecule has 2 aromatic heterocycles. The number of aromatic amines is 1.